The predicted octanol–water partition coefficient (Wildman–Crippen LogP) is 3.22. The second-order valence-electron chi connectivity index (χ2n) is 6.02. The van der Waals surface area contributed by atoms with Crippen LogP contribution in [0, 0.1) is 0 Å². The van der Waals surface area contributed by atoms with Crippen molar-refractivity contribution in [3.8, 4) is 0 Å². The Hall–Kier alpha value is -1.55. The third-order valence-corrected chi connectivity index (χ3v) is 3.83. The second kappa shape index (κ2) is 8.03. The molecule has 1 amide bonds. The van der Waals surface area contributed by atoms with E-state index in [9.17, 15) is 4.79 Å². The molecule has 1 aliphatic carbocycles. The monoisotopic (exact) mass is 290 g/mol. The Morgan fingerprint density at radius 2 is 1.86 bits per heavy atom. The van der Waals surface area contributed by atoms with Gasteiger partial charge in [0.25, 0.3) is 0 Å². The van der Waals surface area contributed by atoms with Gasteiger partial charge < -0.3 is 15.4 Å². The number of carbonyl (C=O) groups is 1. The van der Waals surface area contributed by atoms with E-state index >= 15 is 0 Å². The number of ether oxygens (including phenoxy) is 1. The first kappa shape index (κ1) is 15.8. The molecule has 1 aromatic rings. The highest BCUT2D eigenvalue weighted by Gasteiger charge is 2.27. The van der Waals surface area contributed by atoms with Gasteiger partial charge in [-0.05, 0) is 18.4 Å². The smallest absolute Gasteiger partial charge is 0.407 e. The van der Waals surface area contributed by atoms with E-state index < -0.39 is 0 Å². The quantitative estimate of drug-likeness (QED) is 0.875. The zero-order valence-corrected chi connectivity index (χ0v) is 13.0. The Labute approximate surface area is 127 Å². The minimum Gasteiger partial charge on any atom is -0.445 e. The summed E-state index contributed by atoms with van der Waals surface area (Å²) in [5.74, 6) is 0. The normalized spacial score (nSPS) is 22.0. The van der Waals surface area contributed by atoms with E-state index in [0.717, 1.165) is 18.4 Å². The molecule has 1 saturated carbocycles. The van der Waals surface area contributed by atoms with E-state index in [1.165, 1.54) is 12.8 Å². The fourth-order valence-electron chi connectivity index (χ4n) is 2.85. The zero-order valence-electron chi connectivity index (χ0n) is 13.0. The van der Waals surface area contributed by atoms with Crippen LogP contribution in [0.15, 0.2) is 30.3 Å². The van der Waals surface area contributed by atoms with Crippen molar-refractivity contribution >= 4 is 6.09 Å². The topological polar surface area (TPSA) is 50.4 Å². The molecule has 4 heteroatoms. The lowest BCUT2D eigenvalue weighted by Gasteiger charge is -2.33. The Bertz CT molecular complexity index is 434. The number of nitrogens with one attached hydrogen (secondary N) is 2. The van der Waals surface area contributed by atoms with E-state index in [0.29, 0.717) is 18.7 Å². The van der Waals surface area contributed by atoms with Crippen molar-refractivity contribution in [3.63, 3.8) is 0 Å². The lowest BCUT2D eigenvalue weighted by Crippen LogP contribution is -2.53. The molecule has 0 spiro atoms. The molecule has 4 nitrogen and oxygen atoms in total. The molecule has 1 aromatic carbocycles. The van der Waals surface area contributed by atoms with Crippen molar-refractivity contribution in [2.45, 2.75) is 64.3 Å². The highest BCUT2D eigenvalue weighted by molar-refractivity contribution is 5.67. The van der Waals surface area contributed by atoms with E-state index in [-0.39, 0.29) is 12.1 Å². The molecule has 0 radical (unpaired) electrons. The standard InChI is InChI=1S/C17H26N2O2/c1-13(2)18-15-10-6-7-11-16(15)19-17(20)21-12-14-8-4-3-5-9-14/h3-5,8-9,13,15-16,18H,6-7,10-12H2,1-2H3,(H,19,20)/t15-,16-/m0/s1. The van der Waals surface area contributed by atoms with Crippen LogP contribution in [0.3, 0.4) is 0 Å². The number of amides is 1. The van der Waals surface area contributed by atoms with Crippen LogP contribution in [0.5, 0.6) is 0 Å². The molecule has 2 rings (SSSR count). The summed E-state index contributed by atoms with van der Waals surface area (Å²) in [6.45, 7) is 4.60. The van der Waals surface area contributed by atoms with Crippen LogP contribution < -0.4 is 10.6 Å². The molecule has 2 N–H and O–H groups in total. The molecular formula is C17H26N2O2. The number of hydrogen-bond acceptors (Lipinski definition) is 3. The number of hydrogen-bond donors (Lipinski definition) is 2. The third-order valence-electron chi connectivity index (χ3n) is 3.83. The van der Waals surface area contributed by atoms with Gasteiger partial charge in [-0.25, -0.2) is 4.79 Å². The highest BCUT2D eigenvalue weighted by atomic mass is 16.5. The van der Waals surface area contributed by atoms with Gasteiger partial charge in [0.2, 0.25) is 0 Å². The van der Waals surface area contributed by atoms with Crippen molar-refractivity contribution in [1.29, 1.82) is 0 Å². The average molecular weight is 290 g/mol. The summed E-state index contributed by atoms with van der Waals surface area (Å²) in [6.07, 6.45) is 4.20. The van der Waals surface area contributed by atoms with Gasteiger partial charge in [0.05, 0.1) is 0 Å². The summed E-state index contributed by atoms with van der Waals surface area (Å²) in [4.78, 5) is 12.0. The van der Waals surface area contributed by atoms with Gasteiger partial charge in [-0.2, -0.15) is 0 Å². The van der Waals surface area contributed by atoms with E-state index in [2.05, 4.69) is 24.5 Å². The molecule has 0 saturated heterocycles. The Morgan fingerprint density at radius 3 is 2.52 bits per heavy atom. The van der Waals surface area contributed by atoms with Crippen molar-refractivity contribution in [1.82, 2.24) is 10.6 Å². The molecular weight excluding hydrogens is 264 g/mol. The van der Waals surface area contributed by atoms with Gasteiger partial charge >= 0.3 is 6.09 Å². The summed E-state index contributed by atoms with van der Waals surface area (Å²) in [5, 5.41) is 6.56. The summed E-state index contributed by atoms with van der Waals surface area (Å²) in [7, 11) is 0. The Balaban J connectivity index is 1.80. The average Bonchev–Trinajstić information content (AvgIpc) is 2.48. The molecule has 0 aliphatic heterocycles. The van der Waals surface area contributed by atoms with Gasteiger partial charge in [0.1, 0.15) is 6.61 Å². The van der Waals surface area contributed by atoms with Gasteiger partial charge in [-0.15, -0.1) is 0 Å². The first-order chi connectivity index (χ1) is 10.1. The van der Waals surface area contributed by atoms with Crippen molar-refractivity contribution < 1.29 is 9.53 Å². The van der Waals surface area contributed by atoms with Gasteiger partial charge in [-0.3, -0.25) is 0 Å². The number of carbonyl (C=O) groups excluding carboxylic acids is 1. The summed E-state index contributed by atoms with van der Waals surface area (Å²) >= 11 is 0. The fourth-order valence-corrected chi connectivity index (χ4v) is 2.85. The molecule has 0 heterocycles. The molecule has 1 fully saturated rings. The molecule has 0 bridgehead atoms. The maximum absolute atomic E-state index is 12.0. The maximum atomic E-state index is 12.0. The number of benzene rings is 1. The number of alkyl carbamates (subject to hydrolysis) is 1. The van der Waals surface area contributed by atoms with Crippen molar-refractivity contribution in [3.05, 3.63) is 35.9 Å². The van der Waals surface area contributed by atoms with E-state index in [1.807, 2.05) is 30.3 Å². The second-order valence-corrected chi connectivity index (χ2v) is 6.02. The van der Waals surface area contributed by atoms with Crippen molar-refractivity contribution in [2.24, 2.45) is 0 Å². The van der Waals surface area contributed by atoms with Crippen LogP contribution in [0.2, 0.25) is 0 Å². The first-order valence-corrected chi connectivity index (χ1v) is 7.88. The lowest BCUT2D eigenvalue weighted by molar-refractivity contribution is 0.128. The summed E-state index contributed by atoms with van der Waals surface area (Å²) in [6, 6.07) is 10.7. The van der Waals surface area contributed by atoms with Crippen molar-refractivity contribution in [2.75, 3.05) is 0 Å². The SMILES string of the molecule is CC(C)N[C@H]1CCCC[C@@H]1NC(=O)OCc1ccccc1. The zero-order chi connectivity index (χ0) is 15.1. The Kier molecular flexibility index (Phi) is 6.05. The maximum Gasteiger partial charge on any atom is 0.407 e. The van der Waals surface area contributed by atoms with Crippen LogP contribution in [-0.2, 0) is 11.3 Å². The molecule has 21 heavy (non-hydrogen) atoms. The lowest BCUT2D eigenvalue weighted by atomic mass is 9.90. The molecule has 2 atom stereocenters. The van der Waals surface area contributed by atoms with E-state index in [1.54, 1.807) is 0 Å². The van der Waals surface area contributed by atoms with Crippen LogP contribution >= 0.6 is 0 Å². The van der Waals surface area contributed by atoms with Crippen LogP contribution in [0.25, 0.3) is 0 Å². The predicted molar refractivity (Wildman–Crippen MR) is 84.1 cm³/mol. The fraction of sp³-hybridized carbons (Fsp3) is 0.588. The minimum absolute atomic E-state index is 0.171. The molecule has 116 valence electrons. The minimum atomic E-state index is -0.318. The number of rotatable bonds is 5. The van der Waals surface area contributed by atoms with Gasteiger partial charge in [0.15, 0.2) is 0 Å². The molecule has 1 aliphatic rings. The largest absolute Gasteiger partial charge is 0.445 e. The Morgan fingerprint density at radius 1 is 1.19 bits per heavy atom. The molecule has 0 aromatic heterocycles. The van der Waals surface area contributed by atoms with Crippen LogP contribution in [-0.4, -0.2) is 24.2 Å². The van der Waals surface area contributed by atoms with Gasteiger partial charge in [0, 0.05) is 18.1 Å². The van der Waals surface area contributed by atoms with Crippen LogP contribution in [0.1, 0.15) is 45.1 Å². The third kappa shape index (κ3) is 5.38. The molecule has 0 unspecified atom stereocenters. The van der Waals surface area contributed by atoms with Gasteiger partial charge in [-0.1, -0.05) is 57.0 Å². The van der Waals surface area contributed by atoms with Crippen LogP contribution in [0.4, 0.5) is 4.79 Å². The summed E-state index contributed by atoms with van der Waals surface area (Å²) < 4.78 is 5.31. The first-order valence-electron chi connectivity index (χ1n) is 7.88. The van der Waals surface area contributed by atoms with E-state index in [4.69, 9.17) is 4.74 Å². The summed E-state index contributed by atoms with van der Waals surface area (Å²) in [5.41, 5.74) is 1.01. The highest BCUT2D eigenvalue weighted by Crippen LogP contribution is 2.19.